The normalized spacial score (nSPS) is 14.5. The van der Waals surface area contributed by atoms with Crippen molar-refractivity contribution in [2.75, 3.05) is 11.9 Å². The average Bonchev–Trinajstić information content (AvgIpc) is 2.97. The molecule has 1 aromatic carbocycles. The molecule has 0 atom stereocenters. The van der Waals surface area contributed by atoms with E-state index in [1.54, 1.807) is 0 Å². The van der Waals surface area contributed by atoms with Crippen molar-refractivity contribution < 1.29 is 35.9 Å². The molecule has 2 aromatic rings. The molecular formula is C15H11F6N3O2. The molecule has 0 fully saturated rings. The van der Waals surface area contributed by atoms with E-state index in [0.29, 0.717) is 37.6 Å². The van der Waals surface area contributed by atoms with Gasteiger partial charge in [0, 0.05) is 24.7 Å². The van der Waals surface area contributed by atoms with Crippen molar-refractivity contribution in [1.29, 1.82) is 0 Å². The van der Waals surface area contributed by atoms with Crippen LogP contribution in [-0.4, -0.2) is 22.3 Å². The Kier molecular flexibility index (Phi) is 4.32. The molecule has 0 saturated heterocycles. The van der Waals surface area contributed by atoms with Gasteiger partial charge >= 0.3 is 12.4 Å². The van der Waals surface area contributed by atoms with E-state index in [1.165, 1.54) is 10.7 Å². The van der Waals surface area contributed by atoms with Crippen LogP contribution in [-0.2, 0) is 18.9 Å². The Morgan fingerprint density at radius 3 is 2.19 bits per heavy atom. The predicted molar refractivity (Wildman–Crippen MR) is 76.7 cm³/mol. The number of fused-ring (bicyclic) bond motifs is 1. The number of nitrogens with zero attached hydrogens (tertiary/aromatic N) is 2. The Bertz CT molecular complexity index is 785. The molecule has 0 spiro atoms. The standard InChI is InChI=1S/C15H11F6N3O2/c16-14(17,18)8-4-9(15(19,20)21)6-10(5-8)22-13(25)11-7-12-24(23-11)2-1-3-26-12/h4-7H,1-3H2,(H,22,25). The van der Waals surface area contributed by atoms with Gasteiger partial charge in [-0.25, -0.2) is 4.68 Å². The number of alkyl halides is 6. The average molecular weight is 379 g/mol. The van der Waals surface area contributed by atoms with E-state index in [-0.39, 0.29) is 11.8 Å². The van der Waals surface area contributed by atoms with Gasteiger partial charge in [0.15, 0.2) is 5.69 Å². The summed E-state index contributed by atoms with van der Waals surface area (Å²) in [6, 6.07) is 2.12. The van der Waals surface area contributed by atoms with E-state index in [2.05, 4.69) is 5.10 Å². The van der Waals surface area contributed by atoms with E-state index >= 15 is 0 Å². The molecule has 1 N–H and O–H groups in total. The van der Waals surface area contributed by atoms with Crippen LogP contribution in [0.2, 0.25) is 0 Å². The van der Waals surface area contributed by atoms with Gasteiger partial charge in [-0.05, 0) is 18.2 Å². The van der Waals surface area contributed by atoms with Crippen LogP contribution < -0.4 is 10.1 Å². The van der Waals surface area contributed by atoms with Crippen molar-refractivity contribution in [1.82, 2.24) is 9.78 Å². The van der Waals surface area contributed by atoms with Crippen LogP contribution in [0.1, 0.15) is 28.0 Å². The maximum atomic E-state index is 12.8. The maximum absolute atomic E-state index is 12.8. The van der Waals surface area contributed by atoms with Crippen LogP contribution in [0.25, 0.3) is 0 Å². The van der Waals surface area contributed by atoms with Crippen LogP contribution >= 0.6 is 0 Å². The third-order valence-corrected chi connectivity index (χ3v) is 3.59. The summed E-state index contributed by atoms with van der Waals surface area (Å²) in [5.41, 5.74) is -3.85. The molecule has 140 valence electrons. The first-order chi connectivity index (χ1) is 12.0. The van der Waals surface area contributed by atoms with E-state index in [4.69, 9.17) is 4.74 Å². The van der Waals surface area contributed by atoms with Crippen LogP contribution in [0.15, 0.2) is 24.3 Å². The number of carbonyl (C=O) groups is 1. The highest BCUT2D eigenvalue weighted by Gasteiger charge is 2.37. The Hall–Kier alpha value is -2.72. The molecule has 1 aromatic heterocycles. The second kappa shape index (κ2) is 6.22. The monoisotopic (exact) mass is 379 g/mol. The molecule has 0 bridgehead atoms. The number of rotatable bonds is 2. The van der Waals surface area contributed by atoms with Gasteiger partial charge in [-0.2, -0.15) is 31.4 Å². The van der Waals surface area contributed by atoms with Gasteiger partial charge in [0.2, 0.25) is 5.88 Å². The minimum atomic E-state index is -5.00. The topological polar surface area (TPSA) is 56.2 Å². The van der Waals surface area contributed by atoms with Crippen LogP contribution in [0.4, 0.5) is 32.0 Å². The first kappa shape index (κ1) is 18.1. The maximum Gasteiger partial charge on any atom is 0.416 e. The van der Waals surface area contributed by atoms with Crippen molar-refractivity contribution >= 4 is 11.6 Å². The number of benzene rings is 1. The zero-order valence-electron chi connectivity index (χ0n) is 12.9. The second-order valence-electron chi connectivity index (χ2n) is 5.54. The van der Waals surface area contributed by atoms with Gasteiger partial charge < -0.3 is 10.1 Å². The van der Waals surface area contributed by atoms with E-state index in [0.717, 1.165) is 0 Å². The fourth-order valence-corrected chi connectivity index (χ4v) is 2.40. The molecule has 26 heavy (non-hydrogen) atoms. The third-order valence-electron chi connectivity index (χ3n) is 3.59. The fraction of sp³-hybridized carbons (Fsp3) is 0.333. The number of aryl methyl sites for hydroxylation is 1. The lowest BCUT2D eigenvalue weighted by atomic mass is 10.1. The molecule has 5 nitrogen and oxygen atoms in total. The molecule has 0 radical (unpaired) electrons. The quantitative estimate of drug-likeness (QED) is 0.804. The molecule has 1 aliphatic heterocycles. The van der Waals surface area contributed by atoms with Crippen molar-refractivity contribution in [3.8, 4) is 5.88 Å². The second-order valence-corrected chi connectivity index (χ2v) is 5.54. The summed E-state index contributed by atoms with van der Waals surface area (Å²) in [6.07, 6.45) is -9.33. The largest absolute Gasteiger partial charge is 0.478 e. The number of amides is 1. The van der Waals surface area contributed by atoms with Crippen molar-refractivity contribution in [3.05, 3.63) is 41.1 Å². The SMILES string of the molecule is O=C(Nc1cc(C(F)(F)F)cc(C(F)(F)F)c1)c1cc2n(n1)CCCO2. The van der Waals surface area contributed by atoms with Gasteiger partial charge in [-0.15, -0.1) is 0 Å². The lowest BCUT2D eigenvalue weighted by Crippen LogP contribution is -2.17. The molecule has 11 heteroatoms. The Balaban J connectivity index is 1.91. The van der Waals surface area contributed by atoms with Crippen molar-refractivity contribution in [3.63, 3.8) is 0 Å². The molecule has 3 rings (SSSR count). The van der Waals surface area contributed by atoms with Crippen LogP contribution in [0.5, 0.6) is 5.88 Å². The number of hydrogen-bond acceptors (Lipinski definition) is 3. The van der Waals surface area contributed by atoms with E-state index in [9.17, 15) is 31.1 Å². The smallest absolute Gasteiger partial charge is 0.416 e. The van der Waals surface area contributed by atoms with E-state index < -0.39 is 35.1 Å². The summed E-state index contributed by atoms with van der Waals surface area (Å²) >= 11 is 0. The summed E-state index contributed by atoms with van der Waals surface area (Å²) in [4.78, 5) is 12.1. The highest BCUT2D eigenvalue weighted by atomic mass is 19.4. The number of halogens is 6. The van der Waals surface area contributed by atoms with Gasteiger partial charge in [0.1, 0.15) is 0 Å². The number of ether oxygens (including phenoxy) is 1. The zero-order chi connectivity index (χ0) is 19.1. The molecule has 0 saturated carbocycles. The number of carbonyl (C=O) groups excluding carboxylic acids is 1. The lowest BCUT2D eigenvalue weighted by Gasteiger charge is -2.14. The van der Waals surface area contributed by atoms with Crippen LogP contribution in [0.3, 0.4) is 0 Å². The first-order valence-corrected chi connectivity index (χ1v) is 7.35. The predicted octanol–water partition coefficient (Wildman–Crippen LogP) is 3.96. The van der Waals surface area contributed by atoms with Crippen molar-refractivity contribution in [2.24, 2.45) is 0 Å². The third kappa shape index (κ3) is 3.75. The molecule has 1 aliphatic rings. The number of aromatic nitrogens is 2. The fourth-order valence-electron chi connectivity index (χ4n) is 2.40. The van der Waals surface area contributed by atoms with Gasteiger partial charge in [-0.3, -0.25) is 4.79 Å². The molecular weight excluding hydrogens is 368 g/mol. The number of hydrogen-bond donors (Lipinski definition) is 1. The highest BCUT2D eigenvalue weighted by molar-refractivity contribution is 6.03. The minimum Gasteiger partial charge on any atom is -0.478 e. The zero-order valence-corrected chi connectivity index (χ0v) is 12.9. The Labute approximate surface area is 142 Å². The summed E-state index contributed by atoms with van der Waals surface area (Å²) in [7, 11) is 0. The van der Waals surface area contributed by atoms with Crippen LogP contribution in [0, 0.1) is 0 Å². The molecule has 0 aliphatic carbocycles. The summed E-state index contributed by atoms with van der Waals surface area (Å²) in [5, 5.41) is 5.95. The summed E-state index contributed by atoms with van der Waals surface area (Å²) in [5.74, 6) is -0.635. The summed E-state index contributed by atoms with van der Waals surface area (Å²) in [6.45, 7) is 0.916. The summed E-state index contributed by atoms with van der Waals surface area (Å²) < 4.78 is 83.7. The lowest BCUT2D eigenvalue weighted by molar-refractivity contribution is -0.143. The van der Waals surface area contributed by atoms with E-state index in [1.807, 2.05) is 5.32 Å². The molecule has 2 heterocycles. The Morgan fingerprint density at radius 2 is 1.65 bits per heavy atom. The Morgan fingerprint density at radius 1 is 1.04 bits per heavy atom. The molecule has 0 unspecified atom stereocenters. The minimum absolute atomic E-state index is 0.0151. The number of anilines is 1. The van der Waals surface area contributed by atoms with Crippen molar-refractivity contribution in [2.45, 2.75) is 25.3 Å². The molecule has 1 amide bonds. The first-order valence-electron chi connectivity index (χ1n) is 7.35. The van der Waals surface area contributed by atoms with Gasteiger partial charge in [-0.1, -0.05) is 0 Å². The number of nitrogens with one attached hydrogen (secondary N) is 1. The van der Waals surface area contributed by atoms with Gasteiger partial charge in [0.05, 0.1) is 17.7 Å². The van der Waals surface area contributed by atoms with Gasteiger partial charge in [0.25, 0.3) is 5.91 Å². The highest BCUT2D eigenvalue weighted by Crippen LogP contribution is 2.37.